The Morgan fingerprint density at radius 1 is 1.46 bits per heavy atom. The predicted octanol–water partition coefficient (Wildman–Crippen LogP) is 3.70. The summed E-state index contributed by atoms with van der Waals surface area (Å²) in [7, 11) is 0. The van der Waals surface area contributed by atoms with Crippen molar-refractivity contribution >= 4 is 23.6 Å². The number of aromatic nitrogens is 2. The third-order valence-electron chi connectivity index (χ3n) is 4.19. The number of carbonyl (C=O) groups excluding carboxylic acids is 1. The number of aryl methyl sites for hydroxylation is 1. The van der Waals surface area contributed by atoms with Gasteiger partial charge in [0.05, 0.1) is 5.92 Å². The van der Waals surface area contributed by atoms with Crippen molar-refractivity contribution in [2.45, 2.75) is 32.1 Å². The summed E-state index contributed by atoms with van der Waals surface area (Å²) >= 11 is 6.11. The average Bonchev–Trinajstić information content (AvgIpc) is 3.10. The average molecular weight is 346 g/mol. The molecule has 1 saturated heterocycles. The molecule has 1 aliphatic rings. The molecule has 3 rings (SSSR count). The van der Waals surface area contributed by atoms with E-state index < -0.39 is 0 Å². The van der Waals surface area contributed by atoms with Crippen LogP contribution in [-0.4, -0.2) is 34.0 Å². The molecular formula is C18H20ClN3O2. The van der Waals surface area contributed by atoms with E-state index in [9.17, 15) is 4.79 Å². The number of carbonyl (C=O) groups is 1. The molecule has 1 aromatic heterocycles. The molecule has 0 spiro atoms. The summed E-state index contributed by atoms with van der Waals surface area (Å²) in [6.07, 6.45) is 5.98. The topological polar surface area (TPSA) is 59.2 Å². The van der Waals surface area contributed by atoms with Crippen LogP contribution < -0.4 is 0 Å². The Morgan fingerprint density at radius 3 is 3.04 bits per heavy atom. The van der Waals surface area contributed by atoms with Crippen LogP contribution in [0.25, 0.3) is 6.08 Å². The predicted molar refractivity (Wildman–Crippen MR) is 92.7 cm³/mol. The van der Waals surface area contributed by atoms with Crippen LogP contribution in [0.4, 0.5) is 0 Å². The number of amides is 1. The highest BCUT2D eigenvalue weighted by Gasteiger charge is 2.27. The van der Waals surface area contributed by atoms with Gasteiger partial charge in [-0.25, -0.2) is 0 Å². The molecule has 6 heteroatoms. The van der Waals surface area contributed by atoms with E-state index in [0.717, 1.165) is 31.4 Å². The van der Waals surface area contributed by atoms with E-state index in [1.807, 2.05) is 36.1 Å². The second kappa shape index (κ2) is 7.62. The van der Waals surface area contributed by atoms with Crippen LogP contribution in [0.3, 0.4) is 0 Å². The number of hydrogen-bond acceptors (Lipinski definition) is 4. The van der Waals surface area contributed by atoms with Crippen LogP contribution in [0, 0.1) is 0 Å². The monoisotopic (exact) mass is 345 g/mol. The molecule has 126 valence electrons. The van der Waals surface area contributed by atoms with Crippen LogP contribution in [0.15, 0.2) is 34.9 Å². The van der Waals surface area contributed by atoms with Gasteiger partial charge >= 0.3 is 0 Å². The first-order valence-electron chi connectivity index (χ1n) is 8.21. The molecule has 1 atom stereocenters. The molecule has 1 aromatic carbocycles. The first-order valence-corrected chi connectivity index (χ1v) is 8.59. The van der Waals surface area contributed by atoms with Crippen LogP contribution >= 0.6 is 11.6 Å². The quantitative estimate of drug-likeness (QED) is 0.793. The van der Waals surface area contributed by atoms with E-state index in [4.69, 9.17) is 16.1 Å². The zero-order valence-electron chi connectivity index (χ0n) is 13.6. The van der Waals surface area contributed by atoms with Gasteiger partial charge in [-0.05, 0) is 30.5 Å². The molecular weight excluding hydrogens is 326 g/mol. The molecule has 1 aliphatic heterocycles. The molecule has 2 heterocycles. The third-order valence-corrected chi connectivity index (χ3v) is 4.54. The van der Waals surface area contributed by atoms with E-state index in [-0.39, 0.29) is 11.8 Å². The van der Waals surface area contributed by atoms with Crippen molar-refractivity contribution in [1.82, 2.24) is 15.0 Å². The van der Waals surface area contributed by atoms with Crippen molar-refractivity contribution in [3.8, 4) is 0 Å². The van der Waals surface area contributed by atoms with Gasteiger partial charge in [-0.1, -0.05) is 41.9 Å². The largest absolute Gasteiger partial charge is 0.339 e. The summed E-state index contributed by atoms with van der Waals surface area (Å²) in [5, 5.41) is 4.58. The molecule has 2 aromatic rings. The fourth-order valence-corrected chi connectivity index (χ4v) is 3.03. The Kier molecular flexibility index (Phi) is 5.30. The number of piperidine rings is 1. The number of halogens is 1. The van der Waals surface area contributed by atoms with E-state index in [1.165, 1.54) is 0 Å². The van der Waals surface area contributed by atoms with Crippen LogP contribution in [-0.2, 0) is 11.2 Å². The lowest BCUT2D eigenvalue weighted by Gasteiger charge is -2.30. The van der Waals surface area contributed by atoms with Gasteiger partial charge in [-0.3, -0.25) is 4.79 Å². The smallest absolute Gasteiger partial charge is 0.246 e. The molecule has 0 radical (unpaired) electrons. The Morgan fingerprint density at radius 2 is 2.29 bits per heavy atom. The molecule has 5 nitrogen and oxygen atoms in total. The molecule has 0 aliphatic carbocycles. The van der Waals surface area contributed by atoms with Gasteiger partial charge < -0.3 is 9.42 Å². The molecule has 1 amide bonds. The maximum absolute atomic E-state index is 12.5. The fraction of sp³-hybridized carbons (Fsp3) is 0.389. The number of likely N-dealkylation sites (tertiary alicyclic amines) is 1. The summed E-state index contributed by atoms with van der Waals surface area (Å²) in [5.74, 6) is 1.45. The first-order chi connectivity index (χ1) is 11.7. The lowest BCUT2D eigenvalue weighted by atomic mass is 9.98. The van der Waals surface area contributed by atoms with Gasteiger partial charge in [0.1, 0.15) is 0 Å². The van der Waals surface area contributed by atoms with Gasteiger partial charge in [0, 0.05) is 30.6 Å². The molecule has 0 N–H and O–H groups in total. The van der Waals surface area contributed by atoms with Crippen molar-refractivity contribution in [2.24, 2.45) is 0 Å². The summed E-state index contributed by atoms with van der Waals surface area (Å²) < 4.78 is 5.33. The zero-order valence-corrected chi connectivity index (χ0v) is 14.4. The van der Waals surface area contributed by atoms with Crippen LogP contribution in [0.2, 0.25) is 5.02 Å². The van der Waals surface area contributed by atoms with Crippen molar-refractivity contribution in [2.75, 3.05) is 13.1 Å². The SMILES string of the molecule is CCc1noc([C@H]2CCCN(C(=O)/C=C/c3ccccc3Cl)C2)n1. The standard InChI is InChI=1S/C18H20ClN3O2/c1-2-16-20-18(24-21-16)14-7-5-11-22(12-14)17(23)10-9-13-6-3-4-8-15(13)19/h3-4,6,8-10,14H,2,5,7,11-12H2,1H3/b10-9+/t14-/m0/s1. The second-order valence-electron chi connectivity index (χ2n) is 5.88. The van der Waals surface area contributed by atoms with Crippen LogP contribution in [0.5, 0.6) is 0 Å². The highest BCUT2D eigenvalue weighted by Crippen LogP contribution is 2.26. The number of hydrogen-bond donors (Lipinski definition) is 0. The zero-order chi connectivity index (χ0) is 16.9. The molecule has 1 fully saturated rings. The Hall–Kier alpha value is -2.14. The Bertz CT molecular complexity index is 741. The number of nitrogens with zero attached hydrogens (tertiary/aromatic N) is 3. The minimum absolute atomic E-state index is 0.0187. The van der Waals surface area contributed by atoms with Crippen molar-refractivity contribution in [3.63, 3.8) is 0 Å². The van der Waals surface area contributed by atoms with Gasteiger partial charge in [0.15, 0.2) is 5.82 Å². The van der Waals surface area contributed by atoms with Crippen LogP contribution in [0.1, 0.15) is 43.0 Å². The summed E-state index contributed by atoms with van der Waals surface area (Å²) in [6.45, 7) is 3.35. The summed E-state index contributed by atoms with van der Waals surface area (Å²) in [6, 6.07) is 7.46. The third kappa shape index (κ3) is 3.85. The van der Waals surface area contributed by atoms with Crippen molar-refractivity contribution < 1.29 is 9.32 Å². The number of rotatable bonds is 4. The van der Waals surface area contributed by atoms with E-state index in [1.54, 1.807) is 12.2 Å². The summed E-state index contributed by atoms with van der Waals surface area (Å²) in [5.41, 5.74) is 0.838. The molecule has 0 saturated carbocycles. The fourth-order valence-electron chi connectivity index (χ4n) is 2.83. The minimum Gasteiger partial charge on any atom is -0.339 e. The molecule has 0 bridgehead atoms. The lowest BCUT2D eigenvalue weighted by molar-refractivity contribution is -0.127. The normalized spacial score (nSPS) is 18.2. The molecule has 24 heavy (non-hydrogen) atoms. The minimum atomic E-state index is -0.0187. The van der Waals surface area contributed by atoms with E-state index in [2.05, 4.69) is 10.1 Å². The van der Waals surface area contributed by atoms with Gasteiger partial charge in [0.2, 0.25) is 11.8 Å². The van der Waals surface area contributed by atoms with E-state index in [0.29, 0.717) is 23.3 Å². The van der Waals surface area contributed by atoms with E-state index >= 15 is 0 Å². The Labute approximate surface area is 146 Å². The Balaban J connectivity index is 1.65. The first kappa shape index (κ1) is 16.7. The highest BCUT2D eigenvalue weighted by atomic mass is 35.5. The second-order valence-corrected chi connectivity index (χ2v) is 6.29. The maximum atomic E-state index is 12.5. The summed E-state index contributed by atoms with van der Waals surface area (Å²) in [4.78, 5) is 18.7. The molecule has 0 unspecified atom stereocenters. The number of benzene rings is 1. The lowest BCUT2D eigenvalue weighted by Crippen LogP contribution is -2.38. The highest BCUT2D eigenvalue weighted by molar-refractivity contribution is 6.32. The van der Waals surface area contributed by atoms with Crippen molar-refractivity contribution in [3.05, 3.63) is 52.6 Å². The van der Waals surface area contributed by atoms with Gasteiger partial charge in [-0.15, -0.1) is 0 Å². The maximum Gasteiger partial charge on any atom is 0.246 e. The van der Waals surface area contributed by atoms with Crippen molar-refractivity contribution in [1.29, 1.82) is 0 Å². The van der Waals surface area contributed by atoms with Gasteiger partial charge in [0.25, 0.3) is 0 Å². The van der Waals surface area contributed by atoms with Gasteiger partial charge in [-0.2, -0.15) is 4.98 Å².